The van der Waals surface area contributed by atoms with Gasteiger partial charge in [0, 0.05) is 6.54 Å². The minimum absolute atomic E-state index is 0.177. The van der Waals surface area contributed by atoms with Crippen LogP contribution in [0.1, 0.15) is 32.1 Å². The van der Waals surface area contributed by atoms with Crippen LogP contribution in [0.15, 0.2) is 0 Å². The van der Waals surface area contributed by atoms with E-state index in [1.54, 1.807) is 0 Å². The molecule has 0 aliphatic rings. The molecule has 0 aromatic carbocycles. The summed E-state index contributed by atoms with van der Waals surface area (Å²) in [6, 6.07) is -4.14. The van der Waals surface area contributed by atoms with Crippen molar-refractivity contribution in [1.82, 2.24) is 16.0 Å². The minimum Gasteiger partial charge on any atom is -0.480 e. The van der Waals surface area contributed by atoms with E-state index in [0.717, 1.165) is 0 Å². The van der Waals surface area contributed by atoms with Crippen molar-refractivity contribution in [3.8, 4) is 0 Å². The first-order valence-electron chi connectivity index (χ1n) is 8.66. The molecule has 0 aliphatic carbocycles. The van der Waals surface area contributed by atoms with Crippen molar-refractivity contribution in [2.45, 2.75) is 50.2 Å². The lowest BCUT2D eigenvalue weighted by Crippen LogP contribution is -2.55. The Balaban J connectivity index is 4.52. The lowest BCUT2D eigenvalue weighted by molar-refractivity contribution is -0.142. The molecule has 0 aromatic rings. The number of aliphatic hydroxyl groups is 1. The van der Waals surface area contributed by atoms with Gasteiger partial charge in [-0.2, -0.15) is 0 Å². The molecule has 156 valence electrons. The summed E-state index contributed by atoms with van der Waals surface area (Å²) in [5.41, 5.74) is 15.9. The molecule has 0 aromatic heterocycles. The fraction of sp³-hybridized carbons (Fsp3) is 0.733. The molecule has 0 fully saturated rings. The Hall–Kier alpha value is -2.44. The normalized spacial score (nSPS) is 13.9. The van der Waals surface area contributed by atoms with E-state index in [1.807, 2.05) is 0 Å². The quantitative estimate of drug-likeness (QED) is 0.142. The van der Waals surface area contributed by atoms with E-state index in [4.69, 9.17) is 22.3 Å². The fourth-order valence-corrected chi connectivity index (χ4v) is 2.16. The van der Waals surface area contributed by atoms with Crippen molar-refractivity contribution in [2.24, 2.45) is 17.2 Å². The number of aliphatic carboxylic acids is 1. The predicted octanol–water partition coefficient (Wildman–Crippen LogP) is -3.06. The lowest BCUT2D eigenvalue weighted by Gasteiger charge is -2.21. The average molecular weight is 390 g/mol. The Bertz CT molecular complexity index is 503. The van der Waals surface area contributed by atoms with Crippen molar-refractivity contribution in [1.29, 1.82) is 0 Å². The number of carbonyl (C=O) groups excluding carboxylic acids is 3. The van der Waals surface area contributed by atoms with Crippen LogP contribution in [-0.4, -0.2) is 71.8 Å². The predicted molar refractivity (Wildman–Crippen MR) is 96.3 cm³/mol. The lowest BCUT2D eigenvalue weighted by atomic mass is 10.1. The summed E-state index contributed by atoms with van der Waals surface area (Å²) in [5, 5.41) is 25.4. The molecular weight excluding hydrogens is 360 g/mol. The molecule has 0 rings (SSSR count). The molecule has 11 N–H and O–H groups in total. The Morgan fingerprint density at radius 1 is 0.926 bits per heavy atom. The second-order valence-corrected chi connectivity index (χ2v) is 5.97. The van der Waals surface area contributed by atoms with Crippen LogP contribution in [0.25, 0.3) is 0 Å². The molecule has 0 saturated heterocycles. The van der Waals surface area contributed by atoms with Gasteiger partial charge in [-0.25, -0.2) is 9.59 Å². The van der Waals surface area contributed by atoms with Gasteiger partial charge in [-0.1, -0.05) is 0 Å². The first kappa shape index (κ1) is 24.6. The number of carbonyl (C=O) groups is 4. The van der Waals surface area contributed by atoms with Crippen molar-refractivity contribution in [3.63, 3.8) is 0 Å². The van der Waals surface area contributed by atoms with Gasteiger partial charge in [-0.3, -0.25) is 9.59 Å². The van der Waals surface area contributed by atoms with Crippen LogP contribution in [0.3, 0.4) is 0 Å². The van der Waals surface area contributed by atoms with Gasteiger partial charge in [0.2, 0.25) is 11.8 Å². The van der Waals surface area contributed by atoms with E-state index >= 15 is 0 Å². The number of amides is 4. The first-order chi connectivity index (χ1) is 12.7. The minimum atomic E-state index is -1.33. The van der Waals surface area contributed by atoms with E-state index in [0.29, 0.717) is 25.8 Å². The maximum atomic E-state index is 12.1. The van der Waals surface area contributed by atoms with Crippen LogP contribution < -0.4 is 33.2 Å². The number of unbranched alkanes of at least 4 members (excludes halogenated alkanes) is 1. The second-order valence-electron chi connectivity index (χ2n) is 5.97. The van der Waals surface area contributed by atoms with Crippen molar-refractivity contribution in [3.05, 3.63) is 0 Å². The van der Waals surface area contributed by atoms with Crippen LogP contribution in [-0.2, 0) is 14.4 Å². The van der Waals surface area contributed by atoms with Gasteiger partial charge in [-0.05, 0) is 38.6 Å². The zero-order valence-electron chi connectivity index (χ0n) is 15.1. The van der Waals surface area contributed by atoms with Gasteiger partial charge in [0.1, 0.15) is 12.1 Å². The van der Waals surface area contributed by atoms with Crippen LogP contribution in [0.2, 0.25) is 0 Å². The summed E-state index contributed by atoms with van der Waals surface area (Å²) in [7, 11) is 0. The summed E-state index contributed by atoms with van der Waals surface area (Å²) >= 11 is 0. The highest BCUT2D eigenvalue weighted by Gasteiger charge is 2.27. The number of hydrogen-bond acceptors (Lipinski definition) is 7. The number of carboxylic acids is 1. The average Bonchev–Trinajstić information content (AvgIpc) is 2.61. The molecule has 0 spiro atoms. The van der Waals surface area contributed by atoms with Crippen molar-refractivity contribution in [2.75, 3.05) is 19.7 Å². The van der Waals surface area contributed by atoms with Crippen molar-refractivity contribution < 1.29 is 29.4 Å². The highest BCUT2D eigenvalue weighted by Crippen LogP contribution is 2.02. The number of rotatable bonds is 14. The number of aliphatic hydroxyl groups excluding tert-OH is 1. The Labute approximate surface area is 157 Å². The molecule has 0 heterocycles. The van der Waals surface area contributed by atoms with E-state index < -0.39 is 48.5 Å². The van der Waals surface area contributed by atoms with Gasteiger partial charge >= 0.3 is 12.0 Å². The molecule has 0 bridgehead atoms. The SMILES string of the molecule is NCCCC[C@H](NC(=O)[C@H](CO)NC(=O)[C@@H](N)CCCNC(N)=O)C(=O)O. The molecule has 0 unspecified atom stereocenters. The van der Waals surface area contributed by atoms with E-state index in [9.17, 15) is 24.3 Å². The molecule has 0 saturated carbocycles. The first-order valence-corrected chi connectivity index (χ1v) is 8.66. The summed E-state index contributed by atoms with van der Waals surface area (Å²) < 4.78 is 0. The van der Waals surface area contributed by atoms with Gasteiger partial charge in [0.25, 0.3) is 0 Å². The number of carboxylic acid groups (broad SMARTS) is 1. The third kappa shape index (κ3) is 11.0. The van der Waals surface area contributed by atoms with Crippen LogP contribution in [0.5, 0.6) is 0 Å². The third-order valence-electron chi connectivity index (χ3n) is 3.70. The summed E-state index contributed by atoms with van der Waals surface area (Å²) in [6.07, 6.45) is 1.89. The number of primary amides is 1. The third-order valence-corrected chi connectivity index (χ3v) is 3.70. The maximum Gasteiger partial charge on any atom is 0.326 e. The largest absolute Gasteiger partial charge is 0.480 e. The molecule has 12 nitrogen and oxygen atoms in total. The van der Waals surface area contributed by atoms with Crippen LogP contribution in [0.4, 0.5) is 4.79 Å². The van der Waals surface area contributed by atoms with Gasteiger partial charge in [0.15, 0.2) is 0 Å². The molecule has 27 heavy (non-hydrogen) atoms. The van der Waals surface area contributed by atoms with E-state index in [1.165, 1.54) is 0 Å². The maximum absolute atomic E-state index is 12.1. The number of nitrogens with one attached hydrogen (secondary N) is 3. The molecule has 3 atom stereocenters. The standard InChI is InChI=1S/C15H30N6O6/c16-6-2-1-5-10(14(25)26)20-13(24)11(8-22)21-12(23)9(17)4-3-7-19-15(18)27/h9-11,22H,1-8,16-17H2,(H,20,24)(H,21,23)(H,25,26)(H3,18,19,27)/t9-,10-,11-/m0/s1. The second kappa shape index (κ2) is 13.7. The van der Waals surface area contributed by atoms with Crippen molar-refractivity contribution >= 4 is 23.8 Å². The Kier molecular flexibility index (Phi) is 12.5. The van der Waals surface area contributed by atoms with Gasteiger partial charge < -0.3 is 43.4 Å². The smallest absolute Gasteiger partial charge is 0.326 e. The zero-order valence-corrected chi connectivity index (χ0v) is 15.1. The summed E-state index contributed by atoms with van der Waals surface area (Å²) in [6.45, 7) is -0.0750. The Morgan fingerprint density at radius 3 is 2.07 bits per heavy atom. The molecule has 0 radical (unpaired) electrons. The molecule has 12 heteroatoms. The molecule has 4 amide bonds. The van der Waals surface area contributed by atoms with Gasteiger partial charge in [0.05, 0.1) is 12.6 Å². The number of hydrogen-bond donors (Lipinski definition) is 8. The van der Waals surface area contributed by atoms with E-state index in [2.05, 4.69) is 16.0 Å². The Morgan fingerprint density at radius 2 is 1.56 bits per heavy atom. The molecular formula is C15H30N6O6. The topological polar surface area (TPSA) is 223 Å². The zero-order chi connectivity index (χ0) is 20.8. The highest BCUT2D eigenvalue weighted by molar-refractivity contribution is 5.91. The fourth-order valence-electron chi connectivity index (χ4n) is 2.16. The number of urea groups is 1. The van der Waals surface area contributed by atoms with Gasteiger partial charge in [-0.15, -0.1) is 0 Å². The molecule has 0 aliphatic heterocycles. The van der Waals surface area contributed by atoms with Crippen LogP contribution in [0, 0.1) is 0 Å². The van der Waals surface area contributed by atoms with E-state index in [-0.39, 0.29) is 19.4 Å². The number of nitrogens with two attached hydrogens (primary N) is 3. The monoisotopic (exact) mass is 390 g/mol. The van der Waals surface area contributed by atoms with Crippen LogP contribution >= 0.6 is 0 Å². The summed E-state index contributed by atoms with van der Waals surface area (Å²) in [5.74, 6) is -2.73. The highest BCUT2D eigenvalue weighted by atomic mass is 16.4. The summed E-state index contributed by atoms with van der Waals surface area (Å²) in [4.78, 5) is 45.9.